The van der Waals surface area contributed by atoms with E-state index >= 15 is 0 Å². The van der Waals surface area contributed by atoms with E-state index in [0.717, 1.165) is 17.8 Å². The summed E-state index contributed by atoms with van der Waals surface area (Å²) in [5, 5.41) is 23.4. The Hall–Kier alpha value is -3.80. The molecule has 0 radical (unpaired) electrons. The van der Waals surface area contributed by atoms with E-state index in [1.807, 2.05) is 29.9 Å². The molecule has 1 aliphatic rings. The smallest absolute Gasteiger partial charge is 0.164 e. The van der Waals surface area contributed by atoms with Crippen LogP contribution in [0.3, 0.4) is 0 Å². The fourth-order valence-corrected chi connectivity index (χ4v) is 3.86. The van der Waals surface area contributed by atoms with Crippen LogP contribution in [0.25, 0.3) is 22.3 Å². The molecule has 0 spiro atoms. The largest absolute Gasteiger partial charge is 0.383 e. The van der Waals surface area contributed by atoms with Gasteiger partial charge in [0.25, 0.3) is 0 Å². The van der Waals surface area contributed by atoms with E-state index in [1.54, 1.807) is 16.8 Å². The first-order chi connectivity index (χ1) is 14.6. The number of nitrogens with zero attached hydrogens (tertiary/aromatic N) is 8. The quantitative estimate of drug-likeness (QED) is 0.547. The summed E-state index contributed by atoms with van der Waals surface area (Å²) in [6.07, 6.45) is 7.24. The fraction of sp³-hybridized carbons (Fsp3) is 0.333. The second-order valence-corrected chi connectivity index (χ2v) is 7.78. The van der Waals surface area contributed by atoms with Crippen molar-refractivity contribution in [3.05, 3.63) is 48.0 Å². The highest BCUT2D eigenvalue weighted by Crippen LogP contribution is 2.33. The number of aromatic nitrogens is 7. The lowest BCUT2D eigenvalue weighted by molar-refractivity contribution is 0.264. The number of nitriles is 1. The average Bonchev–Trinajstić information content (AvgIpc) is 3.36. The van der Waals surface area contributed by atoms with Crippen LogP contribution in [-0.2, 0) is 6.54 Å². The van der Waals surface area contributed by atoms with Crippen molar-refractivity contribution >= 4 is 16.9 Å². The molecule has 1 aliphatic carbocycles. The zero-order valence-corrected chi connectivity index (χ0v) is 16.6. The highest BCUT2D eigenvalue weighted by Gasteiger charge is 2.24. The third-order valence-electron chi connectivity index (χ3n) is 5.80. The van der Waals surface area contributed by atoms with Crippen molar-refractivity contribution in [3.8, 4) is 17.3 Å². The Labute approximate surface area is 173 Å². The lowest BCUT2D eigenvalue weighted by Crippen LogP contribution is -2.18. The lowest BCUT2D eigenvalue weighted by Gasteiger charge is -2.24. The minimum absolute atomic E-state index is 0.190. The molecule has 150 valence electrons. The average molecular weight is 399 g/mol. The molecule has 2 N–H and O–H groups in total. The van der Waals surface area contributed by atoms with Gasteiger partial charge in [0.15, 0.2) is 5.65 Å². The Morgan fingerprint density at radius 1 is 1.30 bits per heavy atom. The second-order valence-electron chi connectivity index (χ2n) is 7.78. The van der Waals surface area contributed by atoms with Crippen molar-refractivity contribution < 1.29 is 0 Å². The number of benzene rings is 1. The van der Waals surface area contributed by atoms with E-state index in [9.17, 15) is 5.26 Å². The van der Waals surface area contributed by atoms with Gasteiger partial charge in [-0.05, 0) is 37.8 Å². The van der Waals surface area contributed by atoms with Crippen LogP contribution in [0, 0.1) is 17.2 Å². The summed E-state index contributed by atoms with van der Waals surface area (Å²) in [6.45, 7) is 2.92. The number of fused-ring (bicyclic) bond motifs is 1. The van der Waals surface area contributed by atoms with Gasteiger partial charge in [-0.2, -0.15) is 10.4 Å². The Bertz CT molecular complexity index is 1260. The molecule has 5 rings (SSSR count). The predicted octanol–water partition coefficient (Wildman–Crippen LogP) is 2.95. The normalized spacial score (nSPS) is 15.1. The monoisotopic (exact) mass is 399 g/mol. The maximum absolute atomic E-state index is 9.26. The Morgan fingerprint density at radius 2 is 2.17 bits per heavy atom. The highest BCUT2D eigenvalue weighted by atomic mass is 15.4. The van der Waals surface area contributed by atoms with Gasteiger partial charge >= 0.3 is 0 Å². The zero-order valence-electron chi connectivity index (χ0n) is 16.6. The highest BCUT2D eigenvalue weighted by molar-refractivity contribution is 5.98. The Morgan fingerprint density at radius 3 is 2.93 bits per heavy atom. The molecule has 1 saturated carbocycles. The fourth-order valence-electron chi connectivity index (χ4n) is 3.86. The van der Waals surface area contributed by atoms with Gasteiger partial charge < -0.3 is 5.73 Å². The Kier molecular flexibility index (Phi) is 4.39. The molecule has 3 aromatic heterocycles. The van der Waals surface area contributed by atoms with E-state index in [0.29, 0.717) is 34.0 Å². The summed E-state index contributed by atoms with van der Waals surface area (Å²) in [6, 6.07) is 9.25. The van der Waals surface area contributed by atoms with Gasteiger partial charge in [-0.3, -0.25) is 4.68 Å². The van der Waals surface area contributed by atoms with Crippen molar-refractivity contribution in [1.82, 2.24) is 34.7 Å². The molecule has 9 nitrogen and oxygen atoms in total. The van der Waals surface area contributed by atoms with Crippen molar-refractivity contribution in [1.29, 1.82) is 5.26 Å². The molecule has 3 heterocycles. The summed E-state index contributed by atoms with van der Waals surface area (Å²) in [5.41, 5.74) is 9.63. The molecule has 4 aromatic rings. The number of hydrogen-bond acceptors (Lipinski definition) is 7. The first-order valence-electron chi connectivity index (χ1n) is 10.0. The standard InChI is InChI=1S/C21H21N9/c1-13(17-11-29(28-26-17)10-14-4-2-5-14)30-21-18(20(23)24-12-25-21)19(27-30)16-7-3-6-15(8-16)9-22/h3,6-8,11-14H,2,4-5,10H2,1H3,(H2,23,24,25). The van der Waals surface area contributed by atoms with E-state index < -0.39 is 0 Å². The second kappa shape index (κ2) is 7.22. The molecular formula is C21H21N9. The van der Waals surface area contributed by atoms with Gasteiger partial charge in [0, 0.05) is 12.1 Å². The molecule has 1 unspecified atom stereocenters. The van der Waals surface area contributed by atoms with Crippen LogP contribution >= 0.6 is 0 Å². The van der Waals surface area contributed by atoms with Gasteiger partial charge in [-0.25, -0.2) is 14.6 Å². The van der Waals surface area contributed by atoms with Gasteiger partial charge in [-0.15, -0.1) is 5.10 Å². The van der Waals surface area contributed by atoms with Crippen LogP contribution in [0.1, 0.15) is 43.5 Å². The number of rotatable bonds is 5. The Balaban J connectivity index is 1.57. The van der Waals surface area contributed by atoms with E-state index in [2.05, 4.69) is 26.3 Å². The molecule has 0 amide bonds. The number of hydrogen-bond donors (Lipinski definition) is 1. The molecule has 0 aliphatic heterocycles. The molecule has 1 atom stereocenters. The van der Waals surface area contributed by atoms with Gasteiger partial charge in [-0.1, -0.05) is 23.8 Å². The zero-order chi connectivity index (χ0) is 20.7. The van der Waals surface area contributed by atoms with Gasteiger partial charge in [0.2, 0.25) is 0 Å². The topological polar surface area (TPSA) is 124 Å². The summed E-state index contributed by atoms with van der Waals surface area (Å²) in [7, 11) is 0. The van der Waals surface area contributed by atoms with Crippen LogP contribution in [-0.4, -0.2) is 34.7 Å². The van der Waals surface area contributed by atoms with Crippen LogP contribution in [0.4, 0.5) is 5.82 Å². The van der Waals surface area contributed by atoms with Crippen LogP contribution in [0.2, 0.25) is 0 Å². The molecular weight excluding hydrogens is 378 g/mol. The van der Waals surface area contributed by atoms with Crippen molar-refractivity contribution in [3.63, 3.8) is 0 Å². The van der Waals surface area contributed by atoms with Crippen LogP contribution in [0.5, 0.6) is 0 Å². The van der Waals surface area contributed by atoms with Crippen molar-refractivity contribution in [2.45, 2.75) is 38.8 Å². The van der Waals surface area contributed by atoms with Gasteiger partial charge in [0.1, 0.15) is 23.5 Å². The van der Waals surface area contributed by atoms with Gasteiger partial charge in [0.05, 0.1) is 29.3 Å². The summed E-state index contributed by atoms with van der Waals surface area (Å²) < 4.78 is 3.72. The molecule has 30 heavy (non-hydrogen) atoms. The summed E-state index contributed by atoms with van der Waals surface area (Å²) in [4.78, 5) is 8.59. The van der Waals surface area contributed by atoms with E-state index in [1.165, 1.54) is 25.6 Å². The number of nitrogen functional groups attached to an aromatic ring is 1. The van der Waals surface area contributed by atoms with Crippen molar-refractivity contribution in [2.75, 3.05) is 5.73 Å². The van der Waals surface area contributed by atoms with Crippen LogP contribution < -0.4 is 5.73 Å². The molecule has 1 fully saturated rings. The van der Waals surface area contributed by atoms with E-state index in [-0.39, 0.29) is 6.04 Å². The maximum Gasteiger partial charge on any atom is 0.164 e. The van der Waals surface area contributed by atoms with Crippen LogP contribution in [0.15, 0.2) is 36.8 Å². The summed E-state index contributed by atoms with van der Waals surface area (Å²) >= 11 is 0. The maximum atomic E-state index is 9.26. The summed E-state index contributed by atoms with van der Waals surface area (Å²) in [5.74, 6) is 1.05. The molecule has 0 bridgehead atoms. The first kappa shape index (κ1) is 18.2. The first-order valence-corrected chi connectivity index (χ1v) is 10.0. The molecule has 0 saturated heterocycles. The predicted molar refractivity (Wildman–Crippen MR) is 111 cm³/mol. The SMILES string of the molecule is CC(c1cn(CC2CCC2)nn1)n1nc(-c2cccc(C#N)c2)c2c(N)ncnc21. The minimum atomic E-state index is -0.190. The number of anilines is 1. The number of nitrogens with two attached hydrogens (primary N) is 1. The van der Waals surface area contributed by atoms with E-state index in [4.69, 9.17) is 10.8 Å². The molecule has 1 aromatic carbocycles. The van der Waals surface area contributed by atoms with Crippen molar-refractivity contribution in [2.24, 2.45) is 5.92 Å². The minimum Gasteiger partial charge on any atom is -0.383 e. The lowest BCUT2D eigenvalue weighted by atomic mass is 9.85. The third kappa shape index (κ3) is 3.06. The molecule has 9 heteroatoms. The third-order valence-corrected chi connectivity index (χ3v) is 5.80.